The van der Waals surface area contributed by atoms with Gasteiger partial charge in [0, 0.05) is 52.3 Å². The van der Waals surface area contributed by atoms with Crippen LogP contribution in [-0.2, 0) is 0 Å². The Kier molecular flexibility index (Phi) is 5.87. The molecule has 10 rings (SSSR count). The molecule has 10 aromatic rings. The van der Waals surface area contributed by atoms with Gasteiger partial charge in [-0.3, -0.25) is 15.0 Å². The van der Waals surface area contributed by atoms with Gasteiger partial charge in [-0.05, 0) is 96.5 Å². The summed E-state index contributed by atoms with van der Waals surface area (Å²) in [5.41, 5.74) is 11.2. The Hall–Kier alpha value is -6.45. The molecule has 48 heavy (non-hydrogen) atoms. The van der Waals surface area contributed by atoms with Crippen LogP contribution in [-0.4, -0.2) is 15.0 Å². The lowest BCUT2D eigenvalue weighted by molar-refractivity contribution is 1.33. The van der Waals surface area contributed by atoms with Gasteiger partial charge in [0.2, 0.25) is 0 Å². The Balaban J connectivity index is 1.27. The lowest BCUT2D eigenvalue weighted by atomic mass is 9.86. The normalized spacial score (nSPS) is 11.8. The van der Waals surface area contributed by atoms with E-state index in [0.717, 1.165) is 55.2 Å². The molecule has 0 aliphatic rings. The lowest BCUT2D eigenvalue weighted by Crippen LogP contribution is -1.92. The SMILES string of the molecule is c1cncc(-c2ccc3ccc4c(-c5cc(-c6cccc7cccnc67)cc(-c6cccc7cccnc67)c5)ccc5ccc2c3c54)c1. The second kappa shape index (κ2) is 10.5. The van der Waals surface area contributed by atoms with Crippen molar-refractivity contribution in [2.45, 2.75) is 0 Å². The van der Waals surface area contributed by atoms with Gasteiger partial charge in [-0.15, -0.1) is 0 Å². The van der Waals surface area contributed by atoms with Crippen LogP contribution in [0, 0.1) is 0 Å². The second-order valence-electron chi connectivity index (χ2n) is 12.5. The monoisotopic (exact) mass is 609 g/mol. The van der Waals surface area contributed by atoms with Crippen LogP contribution in [0.3, 0.4) is 0 Å². The van der Waals surface area contributed by atoms with Gasteiger partial charge in [0.05, 0.1) is 11.0 Å². The molecule has 0 spiro atoms. The zero-order valence-electron chi connectivity index (χ0n) is 25.9. The zero-order valence-corrected chi connectivity index (χ0v) is 25.9. The summed E-state index contributed by atoms with van der Waals surface area (Å²) in [6, 6.07) is 50.4. The number of rotatable bonds is 4. The highest BCUT2D eigenvalue weighted by Gasteiger charge is 2.17. The standard InChI is InChI=1S/C45H27N3/c1-6-30-8-4-22-47-44(30)38(11-1)34-24-33(25-35(26-34)39-12-2-7-31-9-5-23-48-45(31)39)37-18-14-29-15-19-40-36(32-10-3-21-46-27-32)17-13-28-16-20-41(37)43(29)42(28)40/h1-27H. The van der Waals surface area contributed by atoms with E-state index < -0.39 is 0 Å². The van der Waals surface area contributed by atoms with Gasteiger partial charge < -0.3 is 0 Å². The molecular formula is C45H27N3. The summed E-state index contributed by atoms with van der Waals surface area (Å²) in [6.07, 6.45) is 7.55. The van der Waals surface area contributed by atoms with E-state index >= 15 is 0 Å². The van der Waals surface area contributed by atoms with Crippen molar-refractivity contribution in [3.05, 3.63) is 164 Å². The maximum atomic E-state index is 4.83. The average Bonchev–Trinajstić information content (AvgIpc) is 3.16. The van der Waals surface area contributed by atoms with Crippen LogP contribution in [0.25, 0.3) is 98.6 Å². The van der Waals surface area contributed by atoms with Crippen molar-refractivity contribution in [1.29, 1.82) is 0 Å². The van der Waals surface area contributed by atoms with Crippen LogP contribution in [0.4, 0.5) is 0 Å². The van der Waals surface area contributed by atoms with Gasteiger partial charge in [0.1, 0.15) is 0 Å². The molecule has 0 radical (unpaired) electrons. The Labute approximate surface area is 277 Å². The van der Waals surface area contributed by atoms with Crippen molar-refractivity contribution < 1.29 is 0 Å². The minimum atomic E-state index is 0.998. The molecule has 3 heteroatoms. The summed E-state index contributed by atoms with van der Waals surface area (Å²) in [7, 11) is 0. The summed E-state index contributed by atoms with van der Waals surface area (Å²) >= 11 is 0. The van der Waals surface area contributed by atoms with Crippen LogP contribution >= 0.6 is 0 Å². The molecule has 0 fully saturated rings. The van der Waals surface area contributed by atoms with E-state index in [9.17, 15) is 0 Å². The maximum absolute atomic E-state index is 4.83. The third-order valence-electron chi connectivity index (χ3n) is 9.77. The number of pyridine rings is 3. The first-order valence-corrected chi connectivity index (χ1v) is 16.2. The van der Waals surface area contributed by atoms with Gasteiger partial charge in [-0.1, -0.05) is 103 Å². The zero-order chi connectivity index (χ0) is 31.6. The van der Waals surface area contributed by atoms with E-state index in [-0.39, 0.29) is 0 Å². The summed E-state index contributed by atoms with van der Waals surface area (Å²) < 4.78 is 0. The number of hydrogen-bond donors (Lipinski definition) is 0. The third kappa shape index (κ3) is 4.11. The predicted octanol–water partition coefficient (Wildman–Crippen LogP) is 11.7. The van der Waals surface area contributed by atoms with Crippen LogP contribution in [0.15, 0.2) is 164 Å². The Bertz CT molecular complexity index is 2730. The van der Waals surface area contributed by atoms with E-state index in [1.807, 2.05) is 43.0 Å². The Morgan fingerprint density at radius 3 is 1.35 bits per heavy atom. The molecule has 0 saturated carbocycles. The van der Waals surface area contributed by atoms with Crippen molar-refractivity contribution in [1.82, 2.24) is 15.0 Å². The topological polar surface area (TPSA) is 38.7 Å². The number of benzene rings is 7. The molecule has 222 valence electrons. The lowest BCUT2D eigenvalue weighted by Gasteiger charge is -2.18. The maximum Gasteiger partial charge on any atom is 0.0780 e. The van der Waals surface area contributed by atoms with Gasteiger partial charge in [-0.2, -0.15) is 0 Å². The average molecular weight is 610 g/mol. The smallest absolute Gasteiger partial charge is 0.0780 e. The molecule has 0 aliphatic carbocycles. The van der Waals surface area contributed by atoms with Crippen LogP contribution in [0.2, 0.25) is 0 Å². The number of para-hydroxylation sites is 2. The Morgan fingerprint density at radius 2 is 0.812 bits per heavy atom. The van der Waals surface area contributed by atoms with Crippen LogP contribution < -0.4 is 0 Å². The molecule has 0 aliphatic heterocycles. The first-order chi connectivity index (χ1) is 23.8. The summed E-state index contributed by atoms with van der Waals surface area (Å²) in [6.45, 7) is 0. The largest absolute Gasteiger partial charge is 0.264 e. The molecule has 3 aromatic heterocycles. The van der Waals surface area contributed by atoms with Gasteiger partial charge >= 0.3 is 0 Å². The van der Waals surface area contributed by atoms with Crippen LogP contribution in [0.5, 0.6) is 0 Å². The molecular weight excluding hydrogens is 583 g/mol. The fraction of sp³-hybridized carbons (Fsp3) is 0. The van der Waals surface area contributed by atoms with Crippen LogP contribution in [0.1, 0.15) is 0 Å². The first kappa shape index (κ1) is 26.7. The van der Waals surface area contributed by atoms with Crippen molar-refractivity contribution in [3.63, 3.8) is 0 Å². The molecule has 3 nitrogen and oxygen atoms in total. The highest BCUT2D eigenvalue weighted by molar-refractivity contribution is 6.27. The van der Waals surface area contributed by atoms with Gasteiger partial charge in [0.25, 0.3) is 0 Å². The minimum Gasteiger partial charge on any atom is -0.264 e. The van der Waals surface area contributed by atoms with E-state index in [0.29, 0.717) is 0 Å². The van der Waals surface area contributed by atoms with E-state index in [1.165, 1.54) is 43.4 Å². The highest BCUT2D eigenvalue weighted by Crippen LogP contribution is 2.44. The molecule has 0 saturated heterocycles. The second-order valence-corrected chi connectivity index (χ2v) is 12.5. The molecule has 0 atom stereocenters. The van der Waals surface area contributed by atoms with Crippen molar-refractivity contribution in [3.8, 4) is 44.5 Å². The molecule has 0 amide bonds. The summed E-state index contributed by atoms with van der Waals surface area (Å²) in [4.78, 5) is 14.1. The molecule has 0 bridgehead atoms. The fourth-order valence-electron chi connectivity index (χ4n) is 7.59. The summed E-state index contributed by atoms with van der Waals surface area (Å²) in [5, 5.41) is 9.80. The molecule has 0 N–H and O–H groups in total. The van der Waals surface area contributed by atoms with Crippen molar-refractivity contribution >= 4 is 54.1 Å². The number of nitrogens with zero attached hydrogens (tertiary/aromatic N) is 3. The predicted molar refractivity (Wildman–Crippen MR) is 200 cm³/mol. The van der Waals surface area contributed by atoms with Crippen molar-refractivity contribution in [2.75, 3.05) is 0 Å². The summed E-state index contributed by atoms with van der Waals surface area (Å²) in [5.74, 6) is 0. The van der Waals surface area contributed by atoms with Gasteiger partial charge in [0.15, 0.2) is 0 Å². The highest BCUT2D eigenvalue weighted by atomic mass is 14.7. The first-order valence-electron chi connectivity index (χ1n) is 16.2. The molecule has 7 aromatic carbocycles. The van der Waals surface area contributed by atoms with E-state index in [4.69, 9.17) is 9.97 Å². The van der Waals surface area contributed by atoms with Gasteiger partial charge in [-0.25, -0.2) is 0 Å². The number of aromatic nitrogens is 3. The quantitative estimate of drug-likeness (QED) is 0.186. The number of hydrogen-bond acceptors (Lipinski definition) is 3. The third-order valence-corrected chi connectivity index (χ3v) is 9.77. The number of fused-ring (bicyclic) bond motifs is 2. The van der Waals surface area contributed by atoms with Crippen molar-refractivity contribution in [2.24, 2.45) is 0 Å². The van der Waals surface area contributed by atoms with E-state index in [1.54, 1.807) is 0 Å². The molecule has 0 unspecified atom stereocenters. The Morgan fingerprint density at radius 1 is 0.333 bits per heavy atom. The van der Waals surface area contributed by atoms with E-state index in [2.05, 4.69) is 126 Å². The molecule has 3 heterocycles. The minimum absolute atomic E-state index is 0.998. The fourth-order valence-corrected chi connectivity index (χ4v) is 7.59.